The van der Waals surface area contributed by atoms with Gasteiger partial charge < -0.3 is 20.1 Å². The number of hydrogen-bond acceptors (Lipinski definition) is 6. The standard InChI is InChI=1S/C17H19N5O3/c1-4-9-20-17(21-12-5-7-13(24-2)8-6-12)22-15-14(16(23)25-3)18-10-11-19-15/h4-8,10-11H,1,9H2,2-3H3,(H2,19,20,21,22). The zero-order valence-corrected chi connectivity index (χ0v) is 14.0. The minimum atomic E-state index is -0.594. The van der Waals surface area contributed by atoms with Crippen LogP contribution in [0.4, 0.5) is 11.5 Å². The van der Waals surface area contributed by atoms with E-state index in [4.69, 9.17) is 9.47 Å². The Balaban J connectivity index is 2.23. The van der Waals surface area contributed by atoms with E-state index in [9.17, 15) is 4.79 Å². The average molecular weight is 341 g/mol. The van der Waals surface area contributed by atoms with Crippen molar-refractivity contribution >= 4 is 23.4 Å². The van der Waals surface area contributed by atoms with Crippen LogP contribution in [-0.2, 0) is 4.74 Å². The molecule has 0 aliphatic rings. The number of benzene rings is 1. The van der Waals surface area contributed by atoms with E-state index in [0.717, 1.165) is 11.4 Å². The molecule has 25 heavy (non-hydrogen) atoms. The van der Waals surface area contributed by atoms with Crippen molar-refractivity contribution in [2.75, 3.05) is 31.4 Å². The lowest BCUT2D eigenvalue weighted by molar-refractivity contribution is 0.0595. The first-order valence-electron chi connectivity index (χ1n) is 7.40. The van der Waals surface area contributed by atoms with Gasteiger partial charge in [-0.25, -0.2) is 19.8 Å². The van der Waals surface area contributed by atoms with Crippen molar-refractivity contribution in [3.05, 3.63) is 55.0 Å². The van der Waals surface area contributed by atoms with Gasteiger partial charge in [0.15, 0.2) is 11.5 Å². The van der Waals surface area contributed by atoms with Crippen LogP contribution >= 0.6 is 0 Å². The average Bonchev–Trinajstić information content (AvgIpc) is 2.66. The van der Waals surface area contributed by atoms with Gasteiger partial charge in [0.1, 0.15) is 5.75 Å². The Kier molecular flexibility index (Phi) is 6.47. The number of esters is 1. The molecule has 0 radical (unpaired) electrons. The van der Waals surface area contributed by atoms with Crippen LogP contribution in [0.2, 0.25) is 0 Å². The Morgan fingerprint density at radius 3 is 2.56 bits per heavy atom. The fourth-order valence-electron chi connectivity index (χ4n) is 1.86. The Bertz CT molecular complexity index is 759. The quantitative estimate of drug-likeness (QED) is 0.360. The van der Waals surface area contributed by atoms with Crippen LogP contribution in [-0.4, -0.2) is 42.7 Å². The molecule has 2 aromatic rings. The second-order valence-corrected chi connectivity index (χ2v) is 4.70. The lowest BCUT2D eigenvalue weighted by Gasteiger charge is -2.13. The highest BCUT2D eigenvalue weighted by Crippen LogP contribution is 2.16. The predicted molar refractivity (Wildman–Crippen MR) is 96.1 cm³/mol. The number of nitrogens with zero attached hydrogens (tertiary/aromatic N) is 3. The smallest absolute Gasteiger partial charge is 0.360 e. The number of methoxy groups -OCH3 is 2. The fraction of sp³-hybridized carbons (Fsp3) is 0.176. The maximum absolute atomic E-state index is 11.8. The van der Waals surface area contributed by atoms with Crippen molar-refractivity contribution in [2.45, 2.75) is 0 Å². The zero-order chi connectivity index (χ0) is 18.1. The lowest BCUT2D eigenvalue weighted by Crippen LogP contribution is -2.25. The molecular weight excluding hydrogens is 322 g/mol. The maximum atomic E-state index is 11.8. The van der Waals surface area contributed by atoms with Crippen LogP contribution in [0.25, 0.3) is 0 Å². The van der Waals surface area contributed by atoms with Gasteiger partial charge in [0.05, 0.1) is 20.8 Å². The molecule has 8 nitrogen and oxygen atoms in total. The van der Waals surface area contributed by atoms with Gasteiger partial charge in [-0.3, -0.25) is 0 Å². The normalized spacial score (nSPS) is 10.7. The predicted octanol–water partition coefficient (Wildman–Crippen LogP) is 2.34. The summed E-state index contributed by atoms with van der Waals surface area (Å²) in [5, 5.41) is 6.07. The van der Waals surface area contributed by atoms with Crippen molar-refractivity contribution in [1.82, 2.24) is 9.97 Å². The zero-order valence-electron chi connectivity index (χ0n) is 14.0. The van der Waals surface area contributed by atoms with Gasteiger partial charge in [0.25, 0.3) is 0 Å². The van der Waals surface area contributed by atoms with E-state index < -0.39 is 5.97 Å². The summed E-state index contributed by atoms with van der Waals surface area (Å²) >= 11 is 0. The van der Waals surface area contributed by atoms with E-state index >= 15 is 0 Å². The largest absolute Gasteiger partial charge is 0.497 e. The lowest BCUT2D eigenvalue weighted by atomic mass is 10.3. The molecule has 1 aromatic carbocycles. The number of ether oxygens (including phenoxy) is 2. The fourth-order valence-corrected chi connectivity index (χ4v) is 1.86. The van der Waals surface area contributed by atoms with Crippen molar-refractivity contribution in [3.63, 3.8) is 0 Å². The Labute approximate surface area is 145 Å². The number of guanidine groups is 1. The summed E-state index contributed by atoms with van der Waals surface area (Å²) in [4.78, 5) is 24.2. The number of nitrogens with one attached hydrogen (secondary N) is 2. The number of carbonyl (C=O) groups excluding carboxylic acids is 1. The molecule has 0 bridgehead atoms. The van der Waals surface area contributed by atoms with E-state index in [1.54, 1.807) is 13.2 Å². The van der Waals surface area contributed by atoms with E-state index in [2.05, 4.69) is 32.2 Å². The Morgan fingerprint density at radius 2 is 1.92 bits per heavy atom. The molecule has 0 atom stereocenters. The first-order valence-corrected chi connectivity index (χ1v) is 7.40. The molecule has 0 spiro atoms. The van der Waals surface area contributed by atoms with Gasteiger partial charge in [-0.05, 0) is 24.3 Å². The molecule has 8 heteroatoms. The number of rotatable bonds is 6. The molecule has 2 rings (SSSR count). The number of anilines is 2. The van der Waals surface area contributed by atoms with Gasteiger partial charge in [-0.15, -0.1) is 6.58 Å². The van der Waals surface area contributed by atoms with Crippen molar-refractivity contribution in [1.29, 1.82) is 0 Å². The highest BCUT2D eigenvalue weighted by molar-refractivity contribution is 6.06. The summed E-state index contributed by atoms with van der Waals surface area (Å²) in [6.07, 6.45) is 4.53. The van der Waals surface area contributed by atoms with Gasteiger partial charge in [-0.1, -0.05) is 6.08 Å². The molecule has 1 aromatic heterocycles. The summed E-state index contributed by atoms with van der Waals surface area (Å²) < 4.78 is 9.84. The van der Waals surface area contributed by atoms with Crippen molar-refractivity contribution < 1.29 is 14.3 Å². The second kappa shape index (κ2) is 9.02. The topological polar surface area (TPSA) is 97.7 Å². The van der Waals surface area contributed by atoms with Crippen molar-refractivity contribution in [2.24, 2.45) is 4.99 Å². The summed E-state index contributed by atoms with van der Waals surface area (Å²) in [7, 11) is 2.88. The van der Waals surface area contributed by atoms with Crippen LogP contribution in [0.1, 0.15) is 10.5 Å². The minimum absolute atomic E-state index is 0.0628. The first kappa shape index (κ1) is 17.9. The Hall–Kier alpha value is -3.42. The summed E-state index contributed by atoms with van der Waals surface area (Å²) in [6.45, 7) is 4.02. The van der Waals surface area contributed by atoms with Gasteiger partial charge in [0.2, 0.25) is 5.96 Å². The molecule has 0 amide bonds. The molecule has 0 saturated heterocycles. The van der Waals surface area contributed by atoms with E-state index in [0.29, 0.717) is 12.5 Å². The first-order chi connectivity index (χ1) is 12.2. The van der Waals surface area contributed by atoms with Gasteiger partial charge in [-0.2, -0.15) is 0 Å². The SMILES string of the molecule is C=CCN=C(Nc1ccc(OC)cc1)Nc1nccnc1C(=O)OC. The maximum Gasteiger partial charge on any atom is 0.360 e. The molecule has 130 valence electrons. The van der Waals surface area contributed by atoms with Gasteiger partial charge in [0, 0.05) is 18.1 Å². The van der Waals surface area contributed by atoms with Crippen LogP contribution in [0, 0.1) is 0 Å². The second-order valence-electron chi connectivity index (χ2n) is 4.70. The molecule has 0 fully saturated rings. The van der Waals surface area contributed by atoms with Gasteiger partial charge >= 0.3 is 5.97 Å². The van der Waals surface area contributed by atoms with E-state index in [1.807, 2.05) is 24.3 Å². The third-order valence-electron chi connectivity index (χ3n) is 3.05. The number of aliphatic imine (C=N–C) groups is 1. The third kappa shape index (κ3) is 5.03. The molecule has 0 aliphatic carbocycles. The summed E-state index contributed by atoms with van der Waals surface area (Å²) in [6, 6.07) is 7.30. The number of hydrogen-bond donors (Lipinski definition) is 2. The van der Waals surface area contributed by atoms with E-state index in [1.165, 1.54) is 19.5 Å². The summed E-state index contributed by atoms with van der Waals surface area (Å²) in [5.74, 6) is 0.766. The van der Waals surface area contributed by atoms with Crippen LogP contribution < -0.4 is 15.4 Å². The molecule has 1 heterocycles. The minimum Gasteiger partial charge on any atom is -0.497 e. The highest BCUT2D eigenvalue weighted by atomic mass is 16.5. The van der Waals surface area contributed by atoms with Crippen LogP contribution in [0.15, 0.2) is 54.3 Å². The molecule has 2 N–H and O–H groups in total. The number of aromatic nitrogens is 2. The summed E-state index contributed by atoms with van der Waals surface area (Å²) in [5.41, 5.74) is 0.840. The molecule has 0 aliphatic heterocycles. The Morgan fingerprint density at radius 1 is 1.20 bits per heavy atom. The molecular formula is C17H19N5O3. The van der Waals surface area contributed by atoms with E-state index in [-0.39, 0.29) is 11.5 Å². The van der Waals surface area contributed by atoms with Crippen LogP contribution in [0.3, 0.4) is 0 Å². The molecule has 0 unspecified atom stereocenters. The van der Waals surface area contributed by atoms with Crippen molar-refractivity contribution in [3.8, 4) is 5.75 Å². The third-order valence-corrected chi connectivity index (χ3v) is 3.05. The monoisotopic (exact) mass is 341 g/mol. The molecule has 0 saturated carbocycles. The van der Waals surface area contributed by atoms with Crippen LogP contribution in [0.5, 0.6) is 5.75 Å². The number of carbonyl (C=O) groups is 1. The highest BCUT2D eigenvalue weighted by Gasteiger charge is 2.16.